The number of halogens is 1. The van der Waals surface area contributed by atoms with Crippen LogP contribution in [0.15, 0.2) is 77.7 Å². The molecule has 0 bridgehead atoms. The Kier molecular flexibility index (Phi) is 8.46. The van der Waals surface area contributed by atoms with E-state index >= 15 is 0 Å². The van der Waals surface area contributed by atoms with Crippen molar-refractivity contribution in [2.24, 2.45) is 0 Å². The zero-order valence-corrected chi connectivity index (χ0v) is 22.8. The van der Waals surface area contributed by atoms with Crippen LogP contribution in [0, 0.1) is 5.82 Å². The molecule has 0 spiro atoms. The zero-order chi connectivity index (χ0) is 27.2. The number of hydrogen-bond acceptors (Lipinski definition) is 8. The van der Waals surface area contributed by atoms with Gasteiger partial charge in [-0.15, -0.1) is 0 Å². The molecule has 0 aliphatic carbocycles. The molecule has 1 aromatic heterocycles. The van der Waals surface area contributed by atoms with Crippen LogP contribution in [0.5, 0.6) is 0 Å². The van der Waals surface area contributed by atoms with Gasteiger partial charge in [0, 0.05) is 39.3 Å². The highest BCUT2D eigenvalue weighted by molar-refractivity contribution is 7.89. The van der Waals surface area contributed by atoms with E-state index in [2.05, 4.69) is 23.7 Å². The Morgan fingerprint density at radius 2 is 1.69 bits per heavy atom. The summed E-state index contributed by atoms with van der Waals surface area (Å²) in [5, 5.41) is 2.90. The van der Waals surface area contributed by atoms with Gasteiger partial charge in [0.05, 0.1) is 17.4 Å². The summed E-state index contributed by atoms with van der Waals surface area (Å²) in [4.78, 5) is 17.5. The van der Waals surface area contributed by atoms with Crippen molar-refractivity contribution >= 4 is 44.4 Å². The highest BCUT2D eigenvalue weighted by Gasteiger charge is 2.28. The monoisotopic (exact) mass is 568 g/mol. The minimum Gasteiger partial charge on any atom is -0.367 e. The molecule has 0 saturated carbocycles. The Morgan fingerprint density at radius 1 is 0.949 bits per heavy atom. The highest BCUT2D eigenvalue weighted by atomic mass is 32.2. The van der Waals surface area contributed by atoms with Gasteiger partial charge in [-0.3, -0.25) is 9.69 Å². The van der Waals surface area contributed by atoms with Gasteiger partial charge in [0.2, 0.25) is 15.9 Å². The number of nitrogens with one attached hydrogen (secondary N) is 2. The van der Waals surface area contributed by atoms with Crippen molar-refractivity contribution < 1.29 is 17.6 Å². The number of aromatic nitrogens is 2. The number of carbonyl (C=O) groups excluding carboxylic acids is 1. The Morgan fingerprint density at radius 3 is 2.46 bits per heavy atom. The molecule has 2 heterocycles. The Balaban J connectivity index is 1.21. The number of amides is 1. The topological polar surface area (TPSA) is 108 Å². The smallest absolute Gasteiger partial charge is 0.243 e. The third-order valence-electron chi connectivity index (χ3n) is 6.73. The normalized spacial score (nSPS) is 15.4. The first-order valence-corrected chi connectivity index (χ1v) is 14.9. The molecule has 204 valence electrons. The lowest BCUT2D eigenvalue weighted by atomic mass is 10.1. The molecular weight excluding hydrogens is 539 g/mol. The Bertz CT molecular complexity index is 1520. The van der Waals surface area contributed by atoms with E-state index in [0.717, 1.165) is 30.4 Å². The number of piperazine rings is 1. The lowest BCUT2D eigenvalue weighted by molar-refractivity contribution is -0.122. The predicted octanol–water partition coefficient (Wildman–Crippen LogP) is 2.66. The number of sulfonamides is 1. The fraction of sp³-hybridized carbons (Fsp3) is 0.296. The van der Waals surface area contributed by atoms with Crippen LogP contribution in [0.3, 0.4) is 0 Å². The minimum atomic E-state index is -4.06. The molecule has 1 atom stereocenters. The summed E-state index contributed by atoms with van der Waals surface area (Å²) >= 11 is 0.937. The van der Waals surface area contributed by atoms with E-state index in [-0.39, 0.29) is 22.7 Å². The van der Waals surface area contributed by atoms with Gasteiger partial charge >= 0.3 is 0 Å². The summed E-state index contributed by atoms with van der Waals surface area (Å²) in [5.74, 6) is -0.636. The number of anilines is 1. The first-order chi connectivity index (χ1) is 18.9. The summed E-state index contributed by atoms with van der Waals surface area (Å²) in [6.07, 6.45) is 0.193. The molecule has 1 amide bonds. The number of para-hydroxylation sites is 1. The molecule has 9 nitrogen and oxygen atoms in total. The van der Waals surface area contributed by atoms with Gasteiger partial charge in [0.25, 0.3) is 0 Å². The quantitative estimate of drug-likeness (QED) is 0.303. The first kappa shape index (κ1) is 27.1. The van der Waals surface area contributed by atoms with Crippen LogP contribution in [0.1, 0.15) is 5.56 Å². The Labute approximate surface area is 231 Å². The summed E-state index contributed by atoms with van der Waals surface area (Å²) in [6, 6.07) is 19.8. The van der Waals surface area contributed by atoms with Gasteiger partial charge in [-0.05, 0) is 36.2 Å². The second kappa shape index (κ2) is 12.2. The van der Waals surface area contributed by atoms with Gasteiger partial charge in [-0.2, -0.15) is 13.5 Å². The number of rotatable bonds is 10. The van der Waals surface area contributed by atoms with Crippen molar-refractivity contribution in [3.8, 4) is 0 Å². The van der Waals surface area contributed by atoms with E-state index in [1.165, 1.54) is 12.1 Å². The summed E-state index contributed by atoms with van der Waals surface area (Å²) in [6.45, 7) is 3.79. The summed E-state index contributed by atoms with van der Waals surface area (Å²) in [7, 11) is -4.06. The maximum Gasteiger partial charge on any atom is 0.243 e. The van der Waals surface area contributed by atoms with Crippen LogP contribution in [0.25, 0.3) is 11.0 Å². The average Bonchev–Trinajstić information content (AvgIpc) is 3.43. The van der Waals surface area contributed by atoms with E-state index in [9.17, 15) is 17.6 Å². The van der Waals surface area contributed by atoms with Gasteiger partial charge in [0.1, 0.15) is 27.8 Å². The van der Waals surface area contributed by atoms with E-state index in [0.29, 0.717) is 37.4 Å². The molecule has 2 N–H and O–H groups in total. The van der Waals surface area contributed by atoms with Crippen LogP contribution < -0.4 is 14.9 Å². The average molecular weight is 569 g/mol. The van der Waals surface area contributed by atoms with Crippen LogP contribution in [-0.2, 0) is 21.2 Å². The van der Waals surface area contributed by atoms with E-state index in [1.807, 2.05) is 41.3 Å². The molecule has 5 rings (SSSR count). The summed E-state index contributed by atoms with van der Waals surface area (Å²) in [5.41, 5.74) is 2.20. The third kappa shape index (κ3) is 6.59. The molecule has 0 radical (unpaired) electrons. The molecule has 1 aliphatic heterocycles. The number of carbonyl (C=O) groups is 1. The van der Waals surface area contributed by atoms with Gasteiger partial charge < -0.3 is 10.2 Å². The highest BCUT2D eigenvalue weighted by Crippen LogP contribution is 2.22. The Hall–Kier alpha value is -3.45. The van der Waals surface area contributed by atoms with Crippen molar-refractivity contribution in [3.63, 3.8) is 0 Å². The molecule has 3 aromatic carbocycles. The van der Waals surface area contributed by atoms with Crippen LogP contribution >= 0.6 is 11.7 Å². The molecule has 1 aliphatic rings. The number of nitrogens with zero attached hydrogens (tertiary/aromatic N) is 4. The predicted molar refractivity (Wildman–Crippen MR) is 150 cm³/mol. The summed E-state index contributed by atoms with van der Waals surface area (Å²) < 4.78 is 51.7. The third-order valence-corrected chi connectivity index (χ3v) is 8.77. The number of fused-ring (bicyclic) bond motifs is 1. The number of benzene rings is 3. The lowest BCUT2D eigenvalue weighted by Gasteiger charge is -2.36. The van der Waals surface area contributed by atoms with Crippen LogP contribution in [0.2, 0.25) is 0 Å². The van der Waals surface area contributed by atoms with Crippen molar-refractivity contribution in [3.05, 3.63) is 84.2 Å². The largest absolute Gasteiger partial charge is 0.367 e. The maximum absolute atomic E-state index is 14.1. The number of hydrogen-bond donors (Lipinski definition) is 2. The van der Waals surface area contributed by atoms with E-state index in [4.69, 9.17) is 0 Å². The van der Waals surface area contributed by atoms with Gasteiger partial charge in [0.15, 0.2) is 0 Å². The fourth-order valence-electron chi connectivity index (χ4n) is 4.67. The SMILES string of the molecule is O=C(NCCN1CCN(c2ccccc2F)CC1)[C@H](Cc1ccccc1)NS(=O)(=O)c1cccc2nsnc12. The molecule has 12 heteroatoms. The van der Waals surface area contributed by atoms with E-state index in [1.54, 1.807) is 24.3 Å². The standard InChI is InChI=1S/C27H29FN6O3S2/c28-21-9-4-5-11-24(21)34-17-15-33(16-18-34)14-13-29-27(35)23(19-20-7-2-1-3-8-20)32-39(36,37)25-12-6-10-22-26(25)31-38-30-22/h1-12,23,32H,13-19H2,(H,29,35)/t23-/m0/s1. The lowest BCUT2D eigenvalue weighted by Crippen LogP contribution is -2.51. The van der Waals surface area contributed by atoms with Crippen molar-refractivity contribution in [2.45, 2.75) is 17.4 Å². The maximum atomic E-state index is 14.1. The second-order valence-corrected chi connectivity index (χ2v) is 11.5. The van der Waals surface area contributed by atoms with Crippen LogP contribution in [0.4, 0.5) is 10.1 Å². The molecular formula is C27H29FN6O3S2. The minimum absolute atomic E-state index is 0.00710. The molecule has 4 aromatic rings. The van der Waals surface area contributed by atoms with Gasteiger partial charge in [-0.1, -0.05) is 48.5 Å². The molecule has 1 fully saturated rings. The van der Waals surface area contributed by atoms with Crippen LogP contribution in [-0.4, -0.2) is 73.3 Å². The van der Waals surface area contributed by atoms with Crippen molar-refractivity contribution in [2.75, 3.05) is 44.2 Å². The van der Waals surface area contributed by atoms with Crippen molar-refractivity contribution in [1.29, 1.82) is 0 Å². The van der Waals surface area contributed by atoms with E-state index < -0.39 is 22.0 Å². The molecule has 39 heavy (non-hydrogen) atoms. The second-order valence-electron chi connectivity index (χ2n) is 9.32. The first-order valence-electron chi connectivity index (χ1n) is 12.7. The molecule has 0 unspecified atom stereocenters. The van der Waals surface area contributed by atoms with Gasteiger partial charge in [-0.25, -0.2) is 12.8 Å². The van der Waals surface area contributed by atoms with Crippen molar-refractivity contribution in [1.82, 2.24) is 23.7 Å². The molecule has 1 saturated heterocycles. The zero-order valence-electron chi connectivity index (χ0n) is 21.2. The fourth-order valence-corrected chi connectivity index (χ4v) is 6.63.